The molecule has 0 fully saturated rings. The Bertz CT molecular complexity index is 371. The molecule has 0 aliphatic heterocycles. The summed E-state index contributed by atoms with van der Waals surface area (Å²) in [5, 5.41) is 0. The molecule has 1 atom stereocenters. The van der Waals surface area contributed by atoms with E-state index in [0.29, 0.717) is 6.61 Å². The molecule has 0 radical (unpaired) electrons. The normalized spacial score (nSPS) is 12.0. The molecule has 1 rings (SSSR count). The Kier molecular flexibility index (Phi) is 4.35. The fourth-order valence-corrected chi connectivity index (χ4v) is 1.72. The van der Waals surface area contributed by atoms with Crippen LogP contribution in [0.3, 0.4) is 0 Å². The molecular weight excluding hydrogens is 204 g/mol. The maximum Gasteiger partial charge on any atom is 0.313 e. The maximum absolute atomic E-state index is 11.6. The number of rotatable bonds is 4. The first-order chi connectivity index (χ1) is 7.61. The summed E-state index contributed by atoms with van der Waals surface area (Å²) in [5.41, 5.74) is 1.95. The van der Waals surface area contributed by atoms with Crippen LogP contribution in [-0.4, -0.2) is 19.7 Å². The van der Waals surface area contributed by atoms with Gasteiger partial charge in [-0.25, -0.2) is 0 Å². The van der Waals surface area contributed by atoms with Crippen molar-refractivity contribution < 1.29 is 14.3 Å². The summed E-state index contributed by atoms with van der Waals surface area (Å²) in [6.07, 6.45) is 0. The molecule has 3 nitrogen and oxygen atoms in total. The van der Waals surface area contributed by atoms with Gasteiger partial charge in [-0.1, -0.05) is 12.1 Å². The summed E-state index contributed by atoms with van der Waals surface area (Å²) in [4.78, 5) is 11.6. The predicted octanol–water partition coefficient (Wildman–Crippen LogP) is 2.67. The van der Waals surface area contributed by atoms with E-state index in [9.17, 15) is 4.79 Å². The number of carbonyl (C=O) groups is 1. The molecule has 0 aliphatic rings. The molecule has 0 aromatic heterocycles. The van der Waals surface area contributed by atoms with Crippen LogP contribution in [0.2, 0.25) is 0 Å². The fraction of sp³-hybridized carbons (Fsp3) is 0.462. The van der Waals surface area contributed by atoms with Gasteiger partial charge in [-0.2, -0.15) is 0 Å². The summed E-state index contributed by atoms with van der Waals surface area (Å²) >= 11 is 0. The third kappa shape index (κ3) is 2.54. The second-order valence-corrected chi connectivity index (χ2v) is 3.65. The van der Waals surface area contributed by atoms with Crippen LogP contribution in [0.15, 0.2) is 18.2 Å². The van der Waals surface area contributed by atoms with E-state index in [1.165, 1.54) is 0 Å². The summed E-state index contributed by atoms with van der Waals surface area (Å²) in [6.45, 7) is 6.01. The zero-order valence-corrected chi connectivity index (χ0v) is 10.2. The van der Waals surface area contributed by atoms with Crippen LogP contribution >= 0.6 is 0 Å². The monoisotopic (exact) mass is 222 g/mol. The Morgan fingerprint density at radius 3 is 2.69 bits per heavy atom. The first-order valence-corrected chi connectivity index (χ1v) is 5.42. The molecule has 1 aromatic carbocycles. The smallest absolute Gasteiger partial charge is 0.313 e. The molecule has 0 spiro atoms. The van der Waals surface area contributed by atoms with Gasteiger partial charge in [-0.05, 0) is 38.0 Å². The number of esters is 1. The Morgan fingerprint density at radius 2 is 2.12 bits per heavy atom. The molecule has 1 unspecified atom stereocenters. The number of hydrogen-bond acceptors (Lipinski definition) is 3. The largest absolute Gasteiger partial charge is 0.496 e. The highest BCUT2D eigenvalue weighted by Crippen LogP contribution is 2.27. The average molecular weight is 222 g/mol. The van der Waals surface area contributed by atoms with Crippen LogP contribution in [-0.2, 0) is 9.53 Å². The third-order valence-corrected chi connectivity index (χ3v) is 2.65. The standard InChI is InChI=1S/C13H18O3/c1-5-16-13(14)10(3)11-7-6-8-12(15-4)9(11)2/h6-8,10H,5H2,1-4H3. The SMILES string of the molecule is CCOC(=O)C(C)c1cccc(OC)c1C. The first-order valence-electron chi connectivity index (χ1n) is 5.42. The van der Waals surface area contributed by atoms with Crippen LogP contribution in [0.25, 0.3) is 0 Å². The maximum atomic E-state index is 11.6. The van der Waals surface area contributed by atoms with E-state index >= 15 is 0 Å². The van der Waals surface area contributed by atoms with Crippen molar-refractivity contribution in [1.29, 1.82) is 0 Å². The van der Waals surface area contributed by atoms with Crippen molar-refractivity contribution in [1.82, 2.24) is 0 Å². The lowest BCUT2D eigenvalue weighted by Gasteiger charge is -2.15. The van der Waals surface area contributed by atoms with Gasteiger partial charge in [0.05, 0.1) is 19.6 Å². The second-order valence-electron chi connectivity index (χ2n) is 3.65. The summed E-state index contributed by atoms with van der Waals surface area (Å²) < 4.78 is 10.2. The zero-order valence-electron chi connectivity index (χ0n) is 10.2. The van der Waals surface area contributed by atoms with Crippen molar-refractivity contribution in [3.8, 4) is 5.75 Å². The Labute approximate surface area is 96.4 Å². The zero-order chi connectivity index (χ0) is 12.1. The minimum absolute atomic E-state index is 0.196. The molecule has 0 heterocycles. The quantitative estimate of drug-likeness (QED) is 0.735. The summed E-state index contributed by atoms with van der Waals surface area (Å²) in [6, 6.07) is 5.70. The van der Waals surface area contributed by atoms with Gasteiger partial charge in [0, 0.05) is 0 Å². The first kappa shape index (κ1) is 12.6. The highest BCUT2D eigenvalue weighted by atomic mass is 16.5. The van der Waals surface area contributed by atoms with E-state index in [2.05, 4.69) is 0 Å². The van der Waals surface area contributed by atoms with Gasteiger partial charge in [0.1, 0.15) is 5.75 Å². The van der Waals surface area contributed by atoms with Crippen molar-refractivity contribution in [3.63, 3.8) is 0 Å². The van der Waals surface area contributed by atoms with E-state index in [1.54, 1.807) is 7.11 Å². The molecule has 1 aromatic rings. The van der Waals surface area contributed by atoms with Crippen molar-refractivity contribution >= 4 is 5.97 Å². The van der Waals surface area contributed by atoms with Crippen LogP contribution in [0, 0.1) is 6.92 Å². The van der Waals surface area contributed by atoms with Crippen LogP contribution < -0.4 is 4.74 Å². The third-order valence-electron chi connectivity index (χ3n) is 2.65. The van der Waals surface area contributed by atoms with Crippen LogP contribution in [0.4, 0.5) is 0 Å². The Morgan fingerprint density at radius 1 is 1.44 bits per heavy atom. The molecule has 0 saturated carbocycles. The summed E-state index contributed by atoms with van der Waals surface area (Å²) in [7, 11) is 1.63. The molecule has 0 aliphatic carbocycles. The number of methoxy groups -OCH3 is 1. The van der Waals surface area contributed by atoms with Gasteiger partial charge in [0.15, 0.2) is 0 Å². The van der Waals surface area contributed by atoms with E-state index in [0.717, 1.165) is 16.9 Å². The topological polar surface area (TPSA) is 35.5 Å². The molecule has 0 amide bonds. The Hall–Kier alpha value is -1.51. The van der Waals surface area contributed by atoms with Gasteiger partial charge in [-0.3, -0.25) is 4.79 Å². The van der Waals surface area contributed by atoms with Gasteiger partial charge in [0.2, 0.25) is 0 Å². The van der Waals surface area contributed by atoms with E-state index in [4.69, 9.17) is 9.47 Å². The summed E-state index contributed by atoms with van der Waals surface area (Å²) in [5.74, 6) is 0.350. The van der Waals surface area contributed by atoms with Gasteiger partial charge < -0.3 is 9.47 Å². The predicted molar refractivity (Wildman–Crippen MR) is 62.8 cm³/mol. The van der Waals surface area contributed by atoms with E-state index in [-0.39, 0.29) is 11.9 Å². The lowest BCUT2D eigenvalue weighted by molar-refractivity contribution is -0.144. The van der Waals surface area contributed by atoms with Gasteiger partial charge in [-0.15, -0.1) is 0 Å². The second kappa shape index (κ2) is 5.54. The minimum Gasteiger partial charge on any atom is -0.496 e. The van der Waals surface area contributed by atoms with Crippen molar-refractivity contribution in [2.45, 2.75) is 26.7 Å². The molecule has 0 saturated heterocycles. The van der Waals surface area contributed by atoms with Crippen LogP contribution in [0.5, 0.6) is 5.75 Å². The number of hydrogen-bond donors (Lipinski definition) is 0. The molecule has 0 bridgehead atoms. The number of carbonyl (C=O) groups excluding carboxylic acids is 1. The average Bonchev–Trinajstić information content (AvgIpc) is 2.29. The van der Waals surface area contributed by atoms with E-state index in [1.807, 2.05) is 39.0 Å². The van der Waals surface area contributed by atoms with Crippen molar-refractivity contribution in [3.05, 3.63) is 29.3 Å². The number of ether oxygens (including phenoxy) is 2. The Balaban J connectivity index is 2.99. The van der Waals surface area contributed by atoms with Crippen LogP contribution in [0.1, 0.15) is 30.9 Å². The van der Waals surface area contributed by atoms with E-state index < -0.39 is 0 Å². The molecule has 3 heteroatoms. The molecule has 0 N–H and O–H groups in total. The van der Waals surface area contributed by atoms with Gasteiger partial charge >= 0.3 is 5.97 Å². The lowest BCUT2D eigenvalue weighted by Crippen LogP contribution is -2.14. The highest BCUT2D eigenvalue weighted by Gasteiger charge is 2.19. The molecule has 88 valence electrons. The highest BCUT2D eigenvalue weighted by molar-refractivity contribution is 5.78. The minimum atomic E-state index is -0.255. The van der Waals surface area contributed by atoms with Gasteiger partial charge in [0.25, 0.3) is 0 Å². The molecule has 16 heavy (non-hydrogen) atoms. The lowest BCUT2D eigenvalue weighted by atomic mass is 9.96. The fourth-order valence-electron chi connectivity index (χ4n) is 1.72. The number of benzene rings is 1. The van der Waals surface area contributed by atoms with Crippen molar-refractivity contribution in [2.24, 2.45) is 0 Å². The molecular formula is C13H18O3. The van der Waals surface area contributed by atoms with Crippen molar-refractivity contribution in [2.75, 3.05) is 13.7 Å².